The topological polar surface area (TPSA) is 64.0 Å². The first-order valence-corrected chi connectivity index (χ1v) is 9.94. The predicted octanol–water partition coefficient (Wildman–Crippen LogP) is 5.25. The highest BCUT2D eigenvalue weighted by Crippen LogP contribution is 2.26. The van der Waals surface area contributed by atoms with Crippen LogP contribution in [0.4, 0.5) is 5.69 Å². The molecule has 3 aromatic rings. The molecule has 0 fully saturated rings. The molecule has 0 atom stereocenters. The summed E-state index contributed by atoms with van der Waals surface area (Å²) in [5.41, 5.74) is 0.514. The number of benzene rings is 2. The summed E-state index contributed by atoms with van der Waals surface area (Å²) in [4.78, 5) is 25.6. The van der Waals surface area contributed by atoms with Gasteiger partial charge in [-0.2, -0.15) is 5.10 Å². The Morgan fingerprint density at radius 2 is 1.93 bits per heavy atom. The van der Waals surface area contributed by atoms with E-state index in [4.69, 9.17) is 11.6 Å². The van der Waals surface area contributed by atoms with Crippen molar-refractivity contribution in [2.45, 2.75) is 32.7 Å². The second-order valence-corrected chi connectivity index (χ2v) is 7.53. The minimum absolute atomic E-state index is 0.181. The van der Waals surface area contributed by atoms with Gasteiger partial charge in [0, 0.05) is 16.4 Å². The van der Waals surface area contributed by atoms with Crippen molar-refractivity contribution in [3.8, 4) is 0 Å². The molecule has 0 saturated carbocycles. The molecule has 1 heterocycles. The van der Waals surface area contributed by atoms with Gasteiger partial charge >= 0.3 is 0 Å². The van der Waals surface area contributed by atoms with Crippen molar-refractivity contribution >= 4 is 49.9 Å². The van der Waals surface area contributed by atoms with E-state index in [0.717, 1.165) is 23.7 Å². The molecule has 0 radical (unpaired) electrons. The van der Waals surface area contributed by atoms with Gasteiger partial charge in [0.25, 0.3) is 11.5 Å². The van der Waals surface area contributed by atoms with Gasteiger partial charge in [-0.05, 0) is 30.7 Å². The zero-order chi connectivity index (χ0) is 19.4. The molecule has 1 aromatic heterocycles. The predicted molar refractivity (Wildman–Crippen MR) is 113 cm³/mol. The van der Waals surface area contributed by atoms with Crippen LogP contribution >= 0.6 is 27.5 Å². The quantitative estimate of drug-likeness (QED) is 0.523. The minimum atomic E-state index is -0.403. The summed E-state index contributed by atoms with van der Waals surface area (Å²) in [5, 5.41) is 8.57. The van der Waals surface area contributed by atoms with Crippen molar-refractivity contribution in [3.05, 3.63) is 68.0 Å². The molecular weight excluding hydrogens is 430 g/mol. The molecule has 0 aliphatic carbocycles. The van der Waals surface area contributed by atoms with Crippen LogP contribution in [0.25, 0.3) is 10.8 Å². The van der Waals surface area contributed by atoms with Crippen LogP contribution < -0.4 is 10.9 Å². The van der Waals surface area contributed by atoms with Crippen LogP contribution in [0.5, 0.6) is 0 Å². The number of aryl methyl sites for hydroxylation is 1. The van der Waals surface area contributed by atoms with Crippen molar-refractivity contribution in [1.82, 2.24) is 9.78 Å². The van der Waals surface area contributed by atoms with Crippen LogP contribution in [0.2, 0.25) is 5.02 Å². The van der Waals surface area contributed by atoms with E-state index in [-0.39, 0.29) is 11.3 Å². The summed E-state index contributed by atoms with van der Waals surface area (Å²) in [6.07, 6.45) is 2.87. The number of carbonyl (C=O) groups is 1. The zero-order valence-corrected chi connectivity index (χ0v) is 17.2. The third-order valence-electron chi connectivity index (χ3n) is 4.24. The lowest BCUT2D eigenvalue weighted by molar-refractivity contribution is 0.102. The number of aromatic nitrogens is 2. The molecule has 1 N–H and O–H groups in total. The number of unbranched alkanes of at least 4 members (excludes halogenated alkanes) is 2. The molecule has 2 aromatic carbocycles. The maximum Gasteiger partial charge on any atom is 0.276 e. The lowest BCUT2D eigenvalue weighted by Crippen LogP contribution is -2.27. The number of hydrogen-bond donors (Lipinski definition) is 1. The second kappa shape index (κ2) is 8.67. The number of amides is 1. The standard InChI is InChI=1S/C20H19BrClN3O2/c1-2-3-6-11-25-20(27)15-8-5-4-7-14(15)18(24-25)19(26)23-17-10-9-13(21)12-16(17)22/h4-5,7-10,12H,2-3,6,11H2,1H3,(H,23,26). The molecule has 140 valence electrons. The number of nitrogens with zero attached hydrogens (tertiary/aromatic N) is 2. The van der Waals surface area contributed by atoms with Gasteiger partial charge in [0.15, 0.2) is 5.69 Å². The van der Waals surface area contributed by atoms with Crippen molar-refractivity contribution in [2.75, 3.05) is 5.32 Å². The summed E-state index contributed by atoms with van der Waals surface area (Å²) in [5.74, 6) is -0.403. The summed E-state index contributed by atoms with van der Waals surface area (Å²) in [6, 6.07) is 12.2. The Labute approximate surface area is 170 Å². The van der Waals surface area contributed by atoms with Gasteiger partial charge < -0.3 is 5.32 Å². The molecule has 0 unspecified atom stereocenters. The third-order valence-corrected chi connectivity index (χ3v) is 5.04. The lowest BCUT2D eigenvalue weighted by Gasteiger charge is -2.12. The summed E-state index contributed by atoms with van der Waals surface area (Å²) < 4.78 is 2.20. The number of hydrogen-bond acceptors (Lipinski definition) is 3. The van der Waals surface area contributed by atoms with Crippen LogP contribution in [0.1, 0.15) is 36.7 Å². The Balaban J connectivity index is 2.02. The molecule has 27 heavy (non-hydrogen) atoms. The van der Waals surface area contributed by atoms with Crippen LogP contribution in [-0.2, 0) is 6.54 Å². The Bertz CT molecular complexity index is 1050. The Morgan fingerprint density at radius 3 is 2.63 bits per heavy atom. The molecule has 5 nitrogen and oxygen atoms in total. The van der Waals surface area contributed by atoms with Gasteiger partial charge in [-0.15, -0.1) is 0 Å². The normalized spacial score (nSPS) is 10.9. The van der Waals surface area contributed by atoms with Gasteiger partial charge in [0.05, 0.1) is 16.1 Å². The van der Waals surface area contributed by atoms with Crippen LogP contribution in [0.15, 0.2) is 51.7 Å². The van der Waals surface area contributed by atoms with Crippen LogP contribution in [0, 0.1) is 0 Å². The third kappa shape index (κ3) is 4.39. The summed E-state index contributed by atoms with van der Waals surface area (Å²) in [6.45, 7) is 2.58. The monoisotopic (exact) mass is 447 g/mol. The fourth-order valence-electron chi connectivity index (χ4n) is 2.84. The highest BCUT2D eigenvalue weighted by Gasteiger charge is 2.17. The maximum atomic E-state index is 12.9. The number of carbonyl (C=O) groups excluding carboxylic acids is 1. The molecule has 0 spiro atoms. The summed E-state index contributed by atoms with van der Waals surface area (Å²) >= 11 is 9.54. The fourth-order valence-corrected chi connectivity index (χ4v) is 3.56. The number of halogens is 2. The summed E-state index contributed by atoms with van der Waals surface area (Å²) in [7, 11) is 0. The highest BCUT2D eigenvalue weighted by atomic mass is 79.9. The van der Waals surface area contributed by atoms with E-state index in [1.807, 2.05) is 0 Å². The fraction of sp³-hybridized carbons (Fsp3) is 0.250. The SMILES string of the molecule is CCCCCn1nc(C(=O)Nc2ccc(Br)cc2Cl)c2ccccc2c1=O. The molecule has 1 amide bonds. The molecule has 0 saturated heterocycles. The number of rotatable bonds is 6. The van der Waals surface area contributed by atoms with E-state index in [1.165, 1.54) is 4.68 Å². The van der Waals surface area contributed by atoms with E-state index in [9.17, 15) is 9.59 Å². The van der Waals surface area contributed by atoms with E-state index < -0.39 is 5.91 Å². The van der Waals surface area contributed by atoms with Gasteiger partial charge in [-0.1, -0.05) is 65.5 Å². The van der Waals surface area contributed by atoms with Crippen LogP contribution in [0.3, 0.4) is 0 Å². The number of anilines is 1. The second-order valence-electron chi connectivity index (χ2n) is 6.21. The molecule has 0 aliphatic rings. The zero-order valence-electron chi connectivity index (χ0n) is 14.8. The first-order chi connectivity index (χ1) is 13.0. The Kier molecular flexibility index (Phi) is 6.29. The van der Waals surface area contributed by atoms with Gasteiger partial charge in [0.1, 0.15) is 0 Å². The maximum absolute atomic E-state index is 12.9. The van der Waals surface area contributed by atoms with Crippen LogP contribution in [-0.4, -0.2) is 15.7 Å². The first-order valence-electron chi connectivity index (χ1n) is 8.77. The first kappa shape index (κ1) is 19.6. The minimum Gasteiger partial charge on any atom is -0.319 e. The highest BCUT2D eigenvalue weighted by molar-refractivity contribution is 9.10. The number of fused-ring (bicyclic) bond motifs is 1. The van der Waals surface area contributed by atoms with Crippen molar-refractivity contribution in [1.29, 1.82) is 0 Å². The average Bonchev–Trinajstić information content (AvgIpc) is 2.66. The largest absolute Gasteiger partial charge is 0.319 e. The van der Waals surface area contributed by atoms with Gasteiger partial charge in [-0.25, -0.2) is 4.68 Å². The lowest BCUT2D eigenvalue weighted by atomic mass is 10.1. The molecule has 3 rings (SSSR count). The van der Waals surface area contributed by atoms with E-state index in [0.29, 0.717) is 28.0 Å². The Morgan fingerprint density at radius 1 is 1.19 bits per heavy atom. The van der Waals surface area contributed by atoms with Crippen molar-refractivity contribution in [2.24, 2.45) is 0 Å². The van der Waals surface area contributed by atoms with E-state index >= 15 is 0 Å². The van der Waals surface area contributed by atoms with Gasteiger partial charge in [0.2, 0.25) is 0 Å². The van der Waals surface area contributed by atoms with E-state index in [2.05, 4.69) is 33.3 Å². The van der Waals surface area contributed by atoms with E-state index in [1.54, 1.807) is 42.5 Å². The van der Waals surface area contributed by atoms with Crippen molar-refractivity contribution < 1.29 is 4.79 Å². The molecule has 0 aliphatic heterocycles. The number of nitrogens with one attached hydrogen (secondary N) is 1. The van der Waals surface area contributed by atoms with Crippen molar-refractivity contribution in [3.63, 3.8) is 0 Å². The molecular formula is C20H19BrClN3O2. The smallest absolute Gasteiger partial charge is 0.276 e. The molecule has 7 heteroatoms. The van der Waals surface area contributed by atoms with Gasteiger partial charge in [-0.3, -0.25) is 9.59 Å². The average molecular weight is 449 g/mol. The Hall–Kier alpha value is -2.18. The molecule has 0 bridgehead atoms.